The number of rotatable bonds is 6. The summed E-state index contributed by atoms with van der Waals surface area (Å²) < 4.78 is 0. The Bertz CT molecular complexity index is 247. The summed E-state index contributed by atoms with van der Waals surface area (Å²) in [7, 11) is 0. The fourth-order valence-electron chi connectivity index (χ4n) is 3.64. The summed E-state index contributed by atoms with van der Waals surface area (Å²) in [5, 5.41) is 0. The highest BCUT2D eigenvalue weighted by molar-refractivity contribution is 5.03. The van der Waals surface area contributed by atoms with Gasteiger partial charge in [-0.2, -0.15) is 0 Å². The van der Waals surface area contributed by atoms with Crippen LogP contribution < -0.4 is 5.73 Å². The van der Waals surface area contributed by atoms with Crippen LogP contribution in [0.2, 0.25) is 0 Å². The Morgan fingerprint density at radius 2 is 2.00 bits per heavy atom. The lowest BCUT2D eigenvalue weighted by atomic mass is 9.91. The molecule has 2 N–H and O–H groups in total. The van der Waals surface area contributed by atoms with E-state index in [1.54, 1.807) is 0 Å². The normalized spacial score (nSPS) is 33.9. The standard InChI is InChI=1S/C15H30N2/c1-4-13-7-8-15(9-13,11-16)17(10-12(2)3)14-5-6-14/h12-14H,4-11,16H2,1-3H3. The maximum absolute atomic E-state index is 6.19. The Morgan fingerprint density at radius 3 is 2.41 bits per heavy atom. The van der Waals surface area contributed by atoms with Crippen LogP contribution in [0.1, 0.15) is 59.3 Å². The van der Waals surface area contributed by atoms with Gasteiger partial charge in [0.05, 0.1) is 0 Å². The minimum atomic E-state index is 0.353. The second-order valence-corrected chi connectivity index (χ2v) is 6.72. The monoisotopic (exact) mass is 238 g/mol. The van der Waals surface area contributed by atoms with Crippen LogP contribution in [0.5, 0.6) is 0 Å². The molecule has 0 heterocycles. The number of hydrogen-bond acceptors (Lipinski definition) is 2. The van der Waals surface area contributed by atoms with Crippen LogP contribution in [0, 0.1) is 11.8 Å². The van der Waals surface area contributed by atoms with E-state index in [2.05, 4.69) is 25.7 Å². The van der Waals surface area contributed by atoms with Crippen molar-refractivity contribution in [1.29, 1.82) is 0 Å². The second kappa shape index (κ2) is 5.27. The van der Waals surface area contributed by atoms with E-state index in [-0.39, 0.29) is 0 Å². The van der Waals surface area contributed by atoms with Crippen molar-refractivity contribution in [3.63, 3.8) is 0 Å². The predicted molar refractivity (Wildman–Crippen MR) is 74.0 cm³/mol. The van der Waals surface area contributed by atoms with Crippen LogP contribution in [0.15, 0.2) is 0 Å². The van der Waals surface area contributed by atoms with Gasteiger partial charge in [-0.25, -0.2) is 0 Å². The molecule has 2 unspecified atom stereocenters. The molecule has 2 fully saturated rings. The van der Waals surface area contributed by atoms with Crippen molar-refractivity contribution in [3.05, 3.63) is 0 Å². The average molecular weight is 238 g/mol. The summed E-state index contributed by atoms with van der Waals surface area (Å²) in [4.78, 5) is 2.80. The van der Waals surface area contributed by atoms with Gasteiger partial charge in [-0.3, -0.25) is 4.90 Å². The number of nitrogens with two attached hydrogens (primary N) is 1. The van der Waals surface area contributed by atoms with Gasteiger partial charge in [-0.1, -0.05) is 27.2 Å². The van der Waals surface area contributed by atoms with Gasteiger partial charge in [0.1, 0.15) is 0 Å². The zero-order valence-corrected chi connectivity index (χ0v) is 11.9. The zero-order chi connectivity index (χ0) is 12.5. The minimum absolute atomic E-state index is 0.353. The van der Waals surface area contributed by atoms with Crippen molar-refractivity contribution >= 4 is 0 Å². The molecule has 0 spiro atoms. The SMILES string of the molecule is CCC1CCC(CN)(N(CC(C)C)C2CC2)C1. The van der Waals surface area contributed by atoms with Crippen molar-refractivity contribution in [3.8, 4) is 0 Å². The minimum Gasteiger partial charge on any atom is -0.329 e. The molecule has 0 aromatic rings. The highest BCUT2D eigenvalue weighted by Gasteiger charge is 2.47. The molecule has 0 aliphatic heterocycles. The van der Waals surface area contributed by atoms with Gasteiger partial charge in [-0.05, 0) is 43.9 Å². The van der Waals surface area contributed by atoms with Crippen molar-refractivity contribution in [2.24, 2.45) is 17.6 Å². The molecule has 2 heteroatoms. The molecule has 2 aliphatic rings. The Hall–Kier alpha value is -0.0800. The quantitative estimate of drug-likeness (QED) is 0.771. The summed E-state index contributed by atoms with van der Waals surface area (Å²) >= 11 is 0. The summed E-state index contributed by atoms with van der Waals surface area (Å²) in [6.07, 6.45) is 8.24. The largest absolute Gasteiger partial charge is 0.329 e. The molecule has 0 amide bonds. The maximum atomic E-state index is 6.19. The second-order valence-electron chi connectivity index (χ2n) is 6.72. The van der Waals surface area contributed by atoms with Gasteiger partial charge in [0.25, 0.3) is 0 Å². The molecule has 2 aliphatic carbocycles. The van der Waals surface area contributed by atoms with Gasteiger partial charge < -0.3 is 5.73 Å². The molecule has 0 aromatic heterocycles. The summed E-state index contributed by atoms with van der Waals surface area (Å²) in [5.41, 5.74) is 6.54. The number of nitrogens with zero attached hydrogens (tertiary/aromatic N) is 1. The van der Waals surface area contributed by atoms with Crippen LogP contribution in [0.25, 0.3) is 0 Å². The molecular weight excluding hydrogens is 208 g/mol. The molecule has 0 saturated heterocycles. The van der Waals surface area contributed by atoms with E-state index in [0.29, 0.717) is 5.54 Å². The van der Waals surface area contributed by atoms with Crippen LogP contribution >= 0.6 is 0 Å². The predicted octanol–water partition coefficient (Wildman–Crippen LogP) is 3.01. The van der Waals surface area contributed by atoms with Crippen LogP contribution in [-0.2, 0) is 0 Å². The van der Waals surface area contributed by atoms with Crippen molar-refractivity contribution in [1.82, 2.24) is 4.90 Å². The lowest BCUT2D eigenvalue weighted by molar-refractivity contribution is 0.0726. The Labute approximate surface area is 107 Å². The third kappa shape index (κ3) is 2.85. The van der Waals surface area contributed by atoms with Crippen LogP contribution in [0.4, 0.5) is 0 Å². The van der Waals surface area contributed by atoms with Gasteiger partial charge >= 0.3 is 0 Å². The maximum Gasteiger partial charge on any atom is 0.0337 e. The molecule has 0 radical (unpaired) electrons. The highest BCUT2D eigenvalue weighted by Crippen LogP contribution is 2.44. The molecule has 2 nitrogen and oxygen atoms in total. The van der Waals surface area contributed by atoms with Crippen molar-refractivity contribution in [2.45, 2.75) is 70.9 Å². The van der Waals surface area contributed by atoms with Crippen molar-refractivity contribution in [2.75, 3.05) is 13.1 Å². The van der Waals surface area contributed by atoms with Gasteiger partial charge in [0, 0.05) is 24.7 Å². The highest BCUT2D eigenvalue weighted by atomic mass is 15.3. The molecule has 2 rings (SSSR count). The Kier molecular flexibility index (Phi) is 4.14. The molecule has 17 heavy (non-hydrogen) atoms. The molecule has 0 aromatic carbocycles. The number of hydrogen-bond donors (Lipinski definition) is 1. The third-order valence-corrected chi connectivity index (χ3v) is 4.80. The van der Waals surface area contributed by atoms with E-state index in [1.165, 1.54) is 45.1 Å². The zero-order valence-electron chi connectivity index (χ0n) is 11.9. The Morgan fingerprint density at radius 1 is 1.29 bits per heavy atom. The lowest BCUT2D eigenvalue weighted by Crippen LogP contribution is -2.54. The third-order valence-electron chi connectivity index (χ3n) is 4.80. The van der Waals surface area contributed by atoms with E-state index in [9.17, 15) is 0 Å². The Balaban J connectivity index is 2.08. The van der Waals surface area contributed by atoms with E-state index in [1.807, 2.05) is 0 Å². The van der Waals surface area contributed by atoms with E-state index in [4.69, 9.17) is 5.73 Å². The first kappa shape index (κ1) is 13.4. The molecule has 0 bridgehead atoms. The summed E-state index contributed by atoms with van der Waals surface area (Å²) in [5.74, 6) is 1.69. The fourth-order valence-corrected chi connectivity index (χ4v) is 3.64. The van der Waals surface area contributed by atoms with Gasteiger partial charge in [0.15, 0.2) is 0 Å². The molecule has 100 valence electrons. The first-order valence-corrected chi connectivity index (χ1v) is 7.58. The summed E-state index contributed by atoms with van der Waals surface area (Å²) in [6, 6.07) is 0.858. The van der Waals surface area contributed by atoms with E-state index in [0.717, 1.165) is 24.4 Å². The lowest BCUT2D eigenvalue weighted by Gasteiger charge is -2.42. The average Bonchev–Trinajstić information content (AvgIpc) is 3.05. The van der Waals surface area contributed by atoms with E-state index < -0.39 is 0 Å². The van der Waals surface area contributed by atoms with Crippen molar-refractivity contribution < 1.29 is 0 Å². The molecule has 2 atom stereocenters. The fraction of sp³-hybridized carbons (Fsp3) is 1.00. The first-order chi connectivity index (χ1) is 8.11. The van der Waals surface area contributed by atoms with E-state index >= 15 is 0 Å². The smallest absolute Gasteiger partial charge is 0.0337 e. The van der Waals surface area contributed by atoms with Gasteiger partial charge in [-0.15, -0.1) is 0 Å². The first-order valence-electron chi connectivity index (χ1n) is 7.58. The van der Waals surface area contributed by atoms with Crippen LogP contribution in [-0.4, -0.2) is 29.6 Å². The van der Waals surface area contributed by atoms with Gasteiger partial charge in [0.2, 0.25) is 0 Å². The molecular formula is C15H30N2. The topological polar surface area (TPSA) is 29.3 Å². The molecule has 2 saturated carbocycles. The summed E-state index contributed by atoms with van der Waals surface area (Å²) in [6.45, 7) is 9.13. The van der Waals surface area contributed by atoms with Crippen LogP contribution in [0.3, 0.4) is 0 Å².